The first-order chi connectivity index (χ1) is 15.0. The van der Waals surface area contributed by atoms with E-state index in [1.165, 1.54) is 6.07 Å². The van der Waals surface area contributed by atoms with E-state index in [4.69, 9.17) is 11.6 Å². The number of rotatable bonds is 4. The van der Waals surface area contributed by atoms with Crippen LogP contribution >= 0.6 is 11.6 Å². The number of nitrogens with one attached hydrogen (secondary N) is 2. The summed E-state index contributed by atoms with van der Waals surface area (Å²) in [7, 11) is 0. The smallest absolute Gasteiger partial charge is 0.163 e. The van der Waals surface area contributed by atoms with Crippen molar-refractivity contribution in [1.82, 2.24) is 20.2 Å². The first-order valence-electron chi connectivity index (χ1n) is 9.25. The number of hydrogen-bond acceptors (Lipinski definition) is 4. The highest BCUT2D eigenvalue weighted by atomic mass is 35.5. The zero-order chi connectivity index (χ0) is 21.5. The summed E-state index contributed by atoms with van der Waals surface area (Å²) in [5.41, 5.74) is 1.58. The summed E-state index contributed by atoms with van der Waals surface area (Å²) >= 11 is 6.32. The third-order valence-electron chi connectivity index (χ3n) is 4.86. The van der Waals surface area contributed by atoms with Crippen LogP contribution in [-0.4, -0.2) is 20.2 Å². The molecule has 31 heavy (non-hydrogen) atoms. The molecule has 0 aliphatic rings. The minimum absolute atomic E-state index is 0.0705. The summed E-state index contributed by atoms with van der Waals surface area (Å²) in [5, 5.41) is 10.9. The number of aromatic amines is 1. The normalized spacial score (nSPS) is 11.4. The SMILES string of the molecule is FCc1ccc(Cl)c(-c2nc(Nc3n[nH]c4c(F)cc(F)cc34)c3ccccc3n2)c1. The molecule has 9 heteroatoms. The zero-order valence-corrected chi connectivity index (χ0v) is 16.5. The van der Waals surface area contributed by atoms with Crippen molar-refractivity contribution in [1.29, 1.82) is 0 Å². The van der Waals surface area contributed by atoms with Crippen LogP contribution in [0.5, 0.6) is 0 Å². The van der Waals surface area contributed by atoms with Gasteiger partial charge in [-0.25, -0.2) is 23.1 Å². The molecule has 2 N–H and O–H groups in total. The number of anilines is 2. The lowest BCUT2D eigenvalue weighted by Gasteiger charge is -2.11. The van der Waals surface area contributed by atoms with Gasteiger partial charge in [0.15, 0.2) is 17.5 Å². The monoisotopic (exact) mass is 439 g/mol. The van der Waals surface area contributed by atoms with Gasteiger partial charge in [0.05, 0.1) is 15.9 Å². The molecule has 2 heterocycles. The van der Waals surface area contributed by atoms with Crippen LogP contribution in [0.25, 0.3) is 33.2 Å². The highest BCUT2D eigenvalue weighted by Gasteiger charge is 2.16. The maximum atomic E-state index is 14.0. The highest BCUT2D eigenvalue weighted by molar-refractivity contribution is 6.33. The van der Waals surface area contributed by atoms with E-state index in [2.05, 4.69) is 25.5 Å². The maximum Gasteiger partial charge on any atom is 0.163 e. The van der Waals surface area contributed by atoms with Crippen LogP contribution < -0.4 is 5.32 Å². The Bertz CT molecular complexity index is 1450. The van der Waals surface area contributed by atoms with E-state index in [0.717, 1.165) is 6.07 Å². The van der Waals surface area contributed by atoms with Crippen LogP contribution in [0.4, 0.5) is 24.8 Å². The summed E-state index contributed by atoms with van der Waals surface area (Å²) in [4.78, 5) is 9.12. The number of H-pyrrole nitrogens is 1. The standard InChI is InChI=1S/C22H13ClF3N5/c23-16-6-5-11(10-24)7-14(16)21-27-18-4-2-1-3-13(18)20(28-21)29-22-15-8-12(25)9-17(26)19(15)30-31-22/h1-9H,10H2,(H2,27,28,29,30,31). The van der Waals surface area contributed by atoms with E-state index in [-0.39, 0.29) is 22.5 Å². The van der Waals surface area contributed by atoms with E-state index < -0.39 is 18.3 Å². The van der Waals surface area contributed by atoms with Crippen LogP contribution in [0.3, 0.4) is 0 Å². The number of fused-ring (bicyclic) bond motifs is 2. The van der Waals surface area contributed by atoms with E-state index in [1.807, 2.05) is 12.1 Å². The van der Waals surface area contributed by atoms with Crippen LogP contribution in [-0.2, 0) is 6.67 Å². The minimum Gasteiger partial charge on any atom is -0.322 e. The summed E-state index contributed by atoms with van der Waals surface area (Å²) in [6, 6.07) is 13.9. The van der Waals surface area contributed by atoms with Gasteiger partial charge in [0.25, 0.3) is 0 Å². The number of alkyl halides is 1. The Morgan fingerprint density at radius 1 is 0.935 bits per heavy atom. The Labute approximate surface area is 178 Å². The fourth-order valence-corrected chi connectivity index (χ4v) is 3.57. The molecule has 0 saturated heterocycles. The number of para-hydroxylation sites is 1. The summed E-state index contributed by atoms with van der Waals surface area (Å²) in [5.74, 6) is -0.637. The molecule has 2 aromatic heterocycles. The van der Waals surface area contributed by atoms with Gasteiger partial charge in [-0.1, -0.05) is 29.8 Å². The van der Waals surface area contributed by atoms with E-state index >= 15 is 0 Å². The predicted octanol–water partition coefficient (Wildman–Crippen LogP) is 6.32. The van der Waals surface area contributed by atoms with Crippen molar-refractivity contribution in [2.45, 2.75) is 6.67 Å². The second-order valence-corrected chi connectivity index (χ2v) is 7.28. The Balaban J connectivity index is 1.69. The molecular weight excluding hydrogens is 427 g/mol. The van der Waals surface area contributed by atoms with E-state index in [0.29, 0.717) is 32.9 Å². The lowest BCUT2D eigenvalue weighted by molar-refractivity contribution is 0.485. The molecule has 0 aliphatic heterocycles. The number of aromatic nitrogens is 4. The maximum absolute atomic E-state index is 14.0. The zero-order valence-electron chi connectivity index (χ0n) is 15.8. The van der Waals surface area contributed by atoms with Gasteiger partial charge in [0, 0.05) is 17.0 Å². The summed E-state index contributed by atoms with van der Waals surface area (Å²) < 4.78 is 41.0. The Kier molecular flexibility index (Phi) is 4.71. The first-order valence-corrected chi connectivity index (χ1v) is 9.63. The van der Waals surface area contributed by atoms with Crippen molar-refractivity contribution < 1.29 is 13.2 Å². The van der Waals surface area contributed by atoms with Crippen molar-refractivity contribution in [2.24, 2.45) is 0 Å². The molecule has 0 amide bonds. The molecule has 3 aromatic carbocycles. The fraction of sp³-hybridized carbons (Fsp3) is 0.0455. The predicted molar refractivity (Wildman–Crippen MR) is 114 cm³/mol. The molecule has 5 aromatic rings. The highest BCUT2D eigenvalue weighted by Crippen LogP contribution is 2.33. The number of halogens is 4. The van der Waals surface area contributed by atoms with Crippen molar-refractivity contribution in [3.8, 4) is 11.4 Å². The second kappa shape index (κ2) is 7.55. The molecular formula is C22H13ClF3N5. The van der Waals surface area contributed by atoms with Crippen molar-refractivity contribution >= 4 is 45.0 Å². The molecule has 0 bridgehead atoms. The molecule has 0 atom stereocenters. The number of nitrogens with zero attached hydrogens (tertiary/aromatic N) is 3. The van der Waals surface area contributed by atoms with Crippen molar-refractivity contribution in [3.05, 3.63) is 76.8 Å². The third-order valence-corrected chi connectivity index (χ3v) is 5.19. The molecule has 0 spiro atoms. The summed E-state index contributed by atoms with van der Waals surface area (Å²) in [6.07, 6.45) is 0. The molecule has 0 saturated carbocycles. The lowest BCUT2D eigenvalue weighted by Crippen LogP contribution is -2.00. The molecule has 0 radical (unpaired) electrons. The van der Waals surface area contributed by atoms with Gasteiger partial charge >= 0.3 is 0 Å². The van der Waals surface area contributed by atoms with Crippen LogP contribution in [0, 0.1) is 11.6 Å². The van der Waals surface area contributed by atoms with Gasteiger partial charge < -0.3 is 5.32 Å². The average molecular weight is 440 g/mol. The molecule has 5 rings (SSSR count). The largest absolute Gasteiger partial charge is 0.322 e. The van der Waals surface area contributed by atoms with Crippen molar-refractivity contribution in [2.75, 3.05) is 5.32 Å². The van der Waals surface area contributed by atoms with Gasteiger partial charge in [-0.3, -0.25) is 5.10 Å². The number of hydrogen-bond donors (Lipinski definition) is 2. The van der Waals surface area contributed by atoms with Gasteiger partial charge in [-0.05, 0) is 35.9 Å². The average Bonchev–Trinajstić information content (AvgIpc) is 3.17. The van der Waals surface area contributed by atoms with Gasteiger partial charge in [0.1, 0.15) is 23.8 Å². The fourth-order valence-electron chi connectivity index (χ4n) is 3.37. The Hall–Kier alpha value is -3.65. The molecule has 0 fully saturated rings. The molecule has 154 valence electrons. The van der Waals surface area contributed by atoms with Gasteiger partial charge in [-0.15, -0.1) is 0 Å². The Morgan fingerprint density at radius 2 is 1.77 bits per heavy atom. The van der Waals surface area contributed by atoms with Crippen molar-refractivity contribution in [3.63, 3.8) is 0 Å². The van der Waals surface area contributed by atoms with E-state index in [9.17, 15) is 13.2 Å². The molecule has 5 nitrogen and oxygen atoms in total. The number of benzene rings is 3. The topological polar surface area (TPSA) is 66.5 Å². The lowest BCUT2D eigenvalue weighted by atomic mass is 10.1. The van der Waals surface area contributed by atoms with Gasteiger partial charge in [0.2, 0.25) is 0 Å². The Morgan fingerprint density at radius 3 is 2.61 bits per heavy atom. The molecule has 0 aliphatic carbocycles. The van der Waals surface area contributed by atoms with Crippen LogP contribution in [0.15, 0.2) is 54.6 Å². The van der Waals surface area contributed by atoms with Crippen LogP contribution in [0.2, 0.25) is 5.02 Å². The van der Waals surface area contributed by atoms with E-state index in [1.54, 1.807) is 30.3 Å². The second-order valence-electron chi connectivity index (χ2n) is 6.87. The van der Waals surface area contributed by atoms with Crippen LogP contribution in [0.1, 0.15) is 5.56 Å². The first kappa shape index (κ1) is 19.3. The quantitative estimate of drug-likeness (QED) is 0.344. The van der Waals surface area contributed by atoms with Gasteiger partial charge in [-0.2, -0.15) is 5.10 Å². The molecule has 0 unspecified atom stereocenters. The third kappa shape index (κ3) is 3.44. The minimum atomic E-state index is -0.751. The summed E-state index contributed by atoms with van der Waals surface area (Å²) in [6.45, 7) is -0.654.